The maximum atomic E-state index is 6.30. The van der Waals surface area contributed by atoms with E-state index in [1.54, 1.807) is 0 Å². The first-order valence-corrected chi connectivity index (χ1v) is 12.2. The summed E-state index contributed by atoms with van der Waals surface area (Å²) in [4.78, 5) is 18.8. The molecule has 0 bridgehead atoms. The highest BCUT2D eigenvalue weighted by atomic mass is 16.5. The average molecular weight is 459 g/mol. The van der Waals surface area contributed by atoms with Gasteiger partial charge >= 0.3 is 6.01 Å². The zero-order valence-corrected chi connectivity index (χ0v) is 20.9. The van der Waals surface area contributed by atoms with Crippen molar-refractivity contribution in [3.63, 3.8) is 0 Å². The standard InChI is InChI=1S/C27H34N6O/c1-17(2)21-14-24(28-16-21)29-25-15-26(33-10-8-32(5)9-11-33)31-27(30-25)34-23-7-6-20-12-18(3)13-22(20)19(23)4/h6-7,13-15,17H,8-12,16H2,1-5H3,(H,28,29,30,31). The minimum atomic E-state index is 0.354. The zero-order chi connectivity index (χ0) is 23.8. The van der Waals surface area contributed by atoms with Gasteiger partial charge in [0.2, 0.25) is 0 Å². The second-order valence-corrected chi connectivity index (χ2v) is 9.92. The molecule has 5 rings (SSSR count). The lowest BCUT2D eigenvalue weighted by Gasteiger charge is -2.33. The number of ether oxygens (including phenoxy) is 1. The first-order chi connectivity index (χ1) is 16.4. The van der Waals surface area contributed by atoms with Crippen molar-refractivity contribution in [2.75, 3.05) is 50.0 Å². The Morgan fingerprint density at radius 2 is 1.82 bits per heavy atom. The van der Waals surface area contributed by atoms with Gasteiger partial charge < -0.3 is 19.9 Å². The number of likely N-dealkylation sites (N-methyl/N-ethyl adjacent to an activating group) is 1. The molecule has 7 nitrogen and oxygen atoms in total. The monoisotopic (exact) mass is 458 g/mol. The lowest BCUT2D eigenvalue weighted by atomic mass is 10.0. The van der Waals surface area contributed by atoms with E-state index < -0.39 is 0 Å². The minimum absolute atomic E-state index is 0.354. The first kappa shape index (κ1) is 22.6. The van der Waals surface area contributed by atoms with Crippen molar-refractivity contribution in [1.29, 1.82) is 0 Å². The van der Waals surface area contributed by atoms with Crippen molar-refractivity contribution in [1.82, 2.24) is 14.9 Å². The number of amidine groups is 1. The Morgan fingerprint density at radius 3 is 2.56 bits per heavy atom. The highest BCUT2D eigenvalue weighted by Gasteiger charge is 2.21. The molecule has 1 aromatic heterocycles. The predicted octanol–water partition coefficient (Wildman–Crippen LogP) is 4.69. The Hall–Kier alpha value is -3.19. The molecule has 34 heavy (non-hydrogen) atoms. The molecule has 3 aliphatic rings. The number of hydrogen-bond donors (Lipinski definition) is 1. The lowest BCUT2D eigenvalue weighted by Crippen LogP contribution is -2.44. The summed E-state index contributed by atoms with van der Waals surface area (Å²) in [5.74, 6) is 3.70. The first-order valence-electron chi connectivity index (χ1n) is 12.2. The molecule has 2 aromatic rings. The fraction of sp³-hybridized carbons (Fsp3) is 0.444. The predicted molar refractivity (Wildman–Crippen MR) is 139 cm³/mol. The summed E-state index contributed by atoms with van der Waals surface area (Å²) in [5.41, 5.74) is 6.44. The number of aliphatic imine (C=N–C) groups is 1. The van der Waals surface area contributed by atoms with Gasteiger partial charge in [-0.2, -0.15) is 9.97 Å². The summed E-state index contributed by atoms with van der Waals surface area (Å²) in [5, 5.41) is 3.40. The van der Waals surface area contributed by atoms with E-state index in [-0.39, 0.29) is 0 Å². The van der Waals surface area contributed by atoms with Crippen LogP contribution in [-0.4, -0.2) is 60.5 Å². The van der Waals surface area contributed by atoms with Crippen LogP contribution in [0, 0.1) is 12.8 Å². The van der Waals surface area contributed by atoms with Crippen molar-refractivity contribution in [3.8, 4) is 11.8 Å². The van der Waals surface area contributed by atoms with Crippen LogP contribution in [0.4, 0.5) is 11.6 Å². The number of hydrogen-bond acceptors (Lipinski definition) is 7. The summed E-state index contributed by atoms with van der Waals surface area (Å²) in [6.07, 6.45) is 5.39. The molecular weight excluding hydrogens is 424 g/mol. The third-order valence-corrected chi connectivity index (χ3v) is 6.89. The molecular formula is C27H34N6O. The molecule has 0 radical (unpaired) electrons. The summed E-state index contributed by atoms with van der Waals surface area (Å²) < 4.78 is 6.30. The molecule has 7 heteroatoms. The van der Waals surface area contributed by atoms with Crippen LogP contribution in [-0.2, 0) is 6.42 Å². The summed E-state index contributed by atoms with van der Waals surface area (Å²) >= 11 is 0. The second kappa shape index (κ2) is 9.22. The third kappa shape index (κ3) is 4.71. The van der Waals surface area contributed by atoms with Crippen LogP contribution in [0.3, 0.4) is 0 Å². The van der Waals surface area contributed by atoms with Crippen molar-refractivity contribution < 1.29 is 4.74 Å². The smallest absolute Gasteiger partial charge is 0.325 e. The van der Waals surface area contributed by atoms with E-state index in [0.717, 1.165) is 62.1 Å². The molecule has 0 spiro atoms. The average Bonchev–Trinajstić information content (AvgIpc) is 3.43. The van der Waals surface area contributed by atoms with Crippen LogP contribution in [0.5, 0.6) is 11.8 Å². The molecule has 0 amide bonds. The number of aromatic nitrogens is 2. The van der Waals surface area contributed by atoms with Gasteiger partial charge in [-0.3, -0.25) is 4.99 Å². The number of anilines is 2. The van der Waals surface area contributed by atoms with Crippen molar-refractivity contribution in [2.45, 2.75) is 34.1 Å². The Morgan fingerprint density at radius 1 is 1.03 bits per heavy atom. The van der Waals surface area contributed by atoms with Gasteiger partial charge in [-0.05, 0) is 67.6 Å². The molecule has 178 valence electrons. The van der Waals surface area contributed by atoms with Gasteiger partial charge in [-0.25, -0.2) is 0 Å². The number of nitrogens with zero attached hydrogens (tertiary/aromatic N) is 5. The van der Waals surface area contributed by atoms with Crippen LogP contribution >= 0.6 is 0 Å². The van der Waals surface area contributed by atoms with Crippen LogP contribution in [0.15, 0.2) is 40.4 Å². The molecule has 1 fully saturated rings. The Bertz CT molecular complexity index is 1190. The quantitative estimate of drug-likeness (QED) is 0.701. The maximum Gasteiger partial charge on any atom is 0.325 e. The summed E-state index contributed by atoms with van der Waals surface area (Å²) in [6, 6.07) is 6.55. The van der Waals surface area contributed by atoms with E-state index in [4.69, 9.17) is 14.7 Å². The largest absolute Gasteiger partial charge is 0.424 e. The van der Waals surface area contributed by atoms with Gasteiger partial charge in [0.1, 0.15) is 23.2 Å². The van der Waals surface area contributed by atoms with E-state index in [0.29, 0.717) is 17.7 Å². The van der Waals surface area contributed by atoms with Gasteiger partial charge in [0.25, 0.3) is 0 Å². The Kier molecular flexibility index (Phi) is 6.13. The molecule has 1 aromatic carbocycles. The number of fused-ring (bicyclic) bond motifs is 1. The normalized spacial score (nSPS) is 18.1. The Balaban J connectivity index is 1.45. The maximum absolute atomic E-state index is 6.30. The molecule has 0 saturated carbocycles. The van der Waals surface area contributed by atoms with E-state index in [2.05, 4.69) is 73.1 Å². The number of rotatable bonds is 5. The van der Waals surface area contributed by atoms with Crippen molar-refractivity contribution in [3.05, 3.63) is 52.1 Å². The topological polar surface area (TPSA) is 65.9 Å². The van der Waals surface area contributed by atoms with Gasteiger partial charge in [0.05, 0.1) is 6.54 Å². The van der Waals surface area contributed by atoms with Crippen LogP contribution in [0.25, 0.3) is 6.08 Å². The molecule has 3 heterocycles. The molecule has 1 N–H and O–H groups in total. The highest BCUT2D eigenvalue weighted by Crippen LogP contribution is 2.35. The fourth-order valence-corrected chi connectivity index (χ4v) is 4.65. The van der Waals surface area contributed by atoms with Crippen LogP contribution < -0.4 is 15.0 Å². The highest BCUT2D eigenvalue weighted by molar-refractivity contribution is 6.05. The van der Waals surface area contributed by atoms with Gasteiger partial charge in [0, 0.05) is 32.2 Å². The number of nitrogens with one attached hydrogen (secondary N) is 1. The zero-order valence-electron chi connectivity index (χ0n) is 20.9. The molecule has 0 atom stereocenters. The fourth-order valence-electron chi connectivity index (χ4n) is 4.65. The second-order valence-electron chi connectivity index (χ2n) is 9.92. The molecule has 1 aliphatic carbocycles. The van der Waals surface area contributed by atoms with Crippen LogP contribution in [0.1, 0.15) is 37.5 Å². The van der Waals surface area contributed by atoms with E-state index in [1.807, 2.05) is 12.1 Å². The number of allylic oxidation sites excluding steroid dienone is 1. The molecule has 1 saturated heterocycles. The molecule has 0 unspecified atom stereocenters. The Labute approximate surface area is 202 Å². The van der Waals surface area contributed by atoms with E-state index >= 15 is 0 Å². The van der Waals surface area contributed by atoms with Crippen molar-refractivity contribution in [2.24, 2.45) is 10.9 Å². The van der Waals surface area contributed by atoms with E-state index in [9.17, 15) is 0 Å². The summed E-state index contributed by atoms with van der Waals surface area (Å²) in [7, 11) is 2.16. The number of benzene rings is 1. The number of piperazine rings is 1. The van der Waals surface area contributed by atoms with Gasteiger partial charge in [-0.1, -0.05) is 31.6 Å². The molecule has 2 aliphatic heterocycles. The lowest BCUT2D eigenvalue weighted by molar-refractivity contribution is 0.311. The minimum Gasteiger partial charge on any atom is -0.424 e. The summed E-state index contributed by atoms with van der Waals surface area (Å²) in [6.45, 7) is 13.3. The van der Waals surface area contributed by atoms with Crippen LogP contribution in [0.2, 0.25) is 0 Å². The van der Waals surface area contributed by atoms with Crippen molar-refractivity contribution >= 4 is 23.5 Å². The van der Waals surface area contributed by atoms with Gasteiger partial charge in [0.15, 0.2) is 0 Å². The SMILES string of the molecule is CC1=Cc2c(ccc(Oc3nc(NC4=NCC(C(C)C)=C4)cc(N4CCN(C)CC4)n3)c2C)C1. The van der Waals surface area contributed by atoms with E-state index in [1.165, 1.54) is 22.3 Å². The third-order valence-electron chi connectivity index (χ3n) is 6.89. The van der Waals surface area contributed by atoms with Gasteiger partial charge in [-0.15, -0.1) is 0 Å².